The Kier molecular flexibility index (Phi) is 3.33. The first-order chi connectivity index (χ1) is 8.77. The van der Waals surface area contributed by atoms with Crippen molar-refractivity contribution in [2.45, 2.75) is 44.6 Å². The lowest BCUT2D eigenvalue weighted by Crippen LogP contribution is -2.39. The molecule has 1 aromatic rings. The average Bonchev–Trinajstić information content (AvgIpc) is 3.09. The Morgan fingerprint density at radius 1 is 1.28 bits per heavy atom. The minimum atomic E-state index is 0.0446. The van der Waals surface area contributed by atoms with Crippen molar-refractivity contribution in [1.29, 1.82) is 0 Å². The van der Waals surface area contributed by atoms with E-state index in [2.05, 4.69) is 0 Å². The van der Waals surface area contributed by atoms with E-state index in [1.165, 1.54) is 31.9 Å². The molecule has 0 spiro atoms. The molecule has 1 aromatic heterocycles. The van der Waals surface area contributed by atoms with Crippen LogP contribution in [0.3, 0.4) is 0 Å². The van der Waals surface area contributed by atoms with Gasteiger partial charge in [-0.2, -0.15) is 0 Å². The van der Waals surface area contributed by atoms with Crippen molar-refractivity contribution in [2.75, 3.05) is 6.54 Å². The van der Waals surface area contributed by atoms with Crippen molar-refractivity contribution >= 4 is 17.5 Å². The molecule has 1 amide bonds. The largest absolute Gasteiger partial charge is 0.452 e. The summed E-state index contributed by atoms with van der Waals surface area (Å²) in [6.07, 6.45) is 8.91. The highest BCUT2D eigenvalue weighted by Gasteiger charge is 2.37. The van der Waals surface area contributed by atoms with E-state index in [-0.39, 0.29) is 11.1 Å². The Labute approximate surface area is 112 Å². The summed E-state index contributed by atoms with van der Waals surface area (Å²) in [5.41, 5.74) is 0.515. The zero-order chi connectivity index (χ0) is 12.5. The molecule has 1 atom stereocenters. The average molecular weight is 268 g/mol. The molecular formula is C14H18ClNO2. The van der Waals surface area contributed by atoms with Crippen LogP contribution < -0.4 is 0 Å². The molecule has 0 N–H and O–H groups in total. The molecule has 2 aliphatic rings. The summed E-state index contributed by atoms with van der Waals surface area (Å²) in [6, 6.07) is 2.10. The SMILES string of the molecule is O=C(c1ccoc1Cl)N1CCCC1C1CCCC1. The number of furan rings is 1. The third kappa shape index (κ3) is 2.05. The number of likely N-dealkylation sites (tertiary alicyclic amines) is 1. The van der Waals surface area contributed by atoms with Crippen molar-refractivity contribution in [3.63, 3.8) is 0 Å². The molecule has 2 heterocycles. The fourth-order valence-corrected chi connectivity index (χ4v) is 3.67. The number of carbonyl (C=O) groups excluding carboxylic acids is 1. The first-order valence-electron chi connectivity index (χ1n) is 6.81. The summed E-state index contributed by atoms with van der Waals surface area (Å²) in [5.74, 6) is 0.741. The van der Waals surface area contributed by atoms with Gasteiger partial charge in [0.15, 0.2) is 0 Å². The third-order valence-corrected chi connectivity index (χ3v) is 4.65. The van der Waals surface area contributed by atoms with Crippen LogP contribution in [0, 0.1) is 5.92 Å². The lowest BCUT2D eigenvalue weighted by Gasteiger charge is -2.29. The molecule has 0 bridgehead atoms. The fourth-order valence-electron chi connectivity index (χ4n) is 3.48. The van der Waals surface area contributed by atoms with E-state index >= 15 is 0 Å². The van der Waals surface area contributed by atoms with E-state index in [1.54, 1.807) is 6.07 Å². The quantitative estimate of drug-likeness (QED) is 0.818. The molecule has 1 aliphatic heterocycles. The van der Waals surface area contributed by atoms with Crippen molar-refractivity contribution < 1.29 is 9.21 Å². The Balaban J connectivity index is 1.78. The highest BCUT2D eigenvalue weighted by molar-refractivity contribution is 6.32. The minimum absolute atomic E-state index is 0.0446. The van der Waals surface area contributed by atoms with Gasteiger partial charge in [-0.3, -0.25) is 4.79 Å². The Morgan fingerprint density at radius 3 is 2.72 bits per heavy atom. The van der Waals surface area contributed by atoms with E-state index in [0.29, 0.717) is 17.5 Å². The van der Waals surface area contributed by atoms with Crippen LogP contribution in [0.15, 0.2) is 16.7 Å². The first-order valence-corrected chi connectivity index (χ1v) is 7.19. The van der Waals surface area contributed by atoms with E-state index in [4.69, 9.17) is 16.0 Å². The van der Waals surface area contributed by atoms with Gasteiger partial charge >= 0.3 is 0 Å². The molecule has 1 saturated heterocycles. The molecule has 18 heavy (non-hydrogen) atoms. The molecule has 2 fully saturated rings. The van der Waals surface area contributed by atoms with Gasteiger partial charge in [0, 0.05) is 12.6 Å². The highest BCUT2D eigenvalue weighted by Crippen LogP contribution is 2.36. The Hall–Kier alpha value is -0.960. The number of rotatable bonds is 2. The Morgan fingerprint density at radius 2 is 2.06 bits per heavy atom. The lowest BCUT2D eigenvalue weighted by molar-refractivity contribution is 0.0688. The van der Waals surface area contributed by atoms with E-state index in [0.717, 1.165) is 19.4 Å². The van der Waals surface area contributed by atoms with E-state index in [9.17, 15) is 4.79 Å². The van der Waals surface area contributed by atoms with Gasteiger partial charge in [0.1, 0.15) is 0 Å². The van der Waals surface area contributed by atoms with Gasteiger partial charge < -0.3 is 9.32 Å². The summed E-state index contributed by atoms with van der Waals surface area (Å²) in [6.45, 7) is 0.863. The molecule has 3 rings (SSSR count). The summed E-state index contributed by atoms with van der Waals surface area (Å²) in [7, 11) is 0. The van der Waals surface area contributed by atoms with Crippen LogP contribution in [0.25, 0.3) is 0 Å². The van der Waals surface area contributed by atoms with Crippen LogP contribution in [0.2, 0.25) is 5.22 Å². The lowest BCUT2D eigenvalue weighted by atomic mass is 9.96. The van der Waals surface area contributed by atoms with Crippen molar-refractivity contribution in [3.05, 3.63) is 23.1 Å². The van der Waals surface area contributed by atoms with Crippen LogP contribution in [0.4, 0.5) is 0 Å². The normalized spacial score (nSPS) is 24.9. The molecule has 1 aliphatic carbocycles. The zero-order valence-electron chi connectivity index (χ0n) is 10.4. The molecular weight excluding hydrogens is 250 g/mol. The third-order valence-electron chi connectivity index (χ3n) is 4.35. The predicted molar refractivity (Wildman–Crippen MR) is 69.7 cm³/mol. The summed E-state index contributed by atoms with van der Waals surface area (Å²) in [4.78, 5) is 14.5. The maximum absolute atomic E-state index is 12.5. The van der Waals surface area contributed by atoms with Crippen LogP contribution in [0.5, 0.6) is 0 Å². The molecule has 98 valence electrons. The van der Waals surface area contributed by atoms with Crippen molar-refractivity contribution in [1.82, 2.24) is 4.90 Å². The van der Waals surface area contributed by atoms with E-state index < -0.39 is 0 Å². The van der Waals surface area contributed by atoms with Gasteiger partial charge in [0.25, 0.3) is 5.91 Å². The summed E-state index contributed by atoms with van der Waals surface area (Å²) < 4.78 is 5.02. The van der Waals surface area contributed by atoms with Crippen molar-refractivity contribution in [3.8, 4) is 0 Å². The van der Waals surface area contributed by atoms with E-state index in [1.807, 2.05) is 4.90 Å². The van der Waals surface area contributed by atoms with Crippen LogP contribution in [-0.2, 0) is 0 Å². The Bertz CT molecular complexity index is 437. The van der Waals surface area contributed by atoms with Gasteiger partial charge in [0.2, 0.25) is 5.22 Å². The topological polar surface area (TPSA) is 33.5 Å². The van der Waals surface area contributed by atoms with Gasteiger partial charge in [-0.15, -0.1) is 0 Å². The molecule has 4 heteroatoms. The second-order valence-electron chi connectivity index (χ2n) is 5.36. The van der Waals surface area contributed by atoms with Crippen LogP contribution in [0.1, 0.15) is 48.9 Å². The van der Waals surface area contributed by atoms with Crippen LogP contribution >= 0.6 is 11.6 Å². The molecule has 1 unspecified atom stereocenters. The number of hydrogen-bond donors (Lipinski definition) is 0. The first kappa shape index (κ1) is 12.1. The van der Waals surface area contributed by atoms with Gasteiger partial charge in [-0.1, -0.05) is 12.8 Å². The summed E-state index contributed by atoms with van der Waals surface area (Å²) >= 11 is 5.91. The zero-order valence-corrected chi connectivity index (χ0v) is 11.2. The van der Waals surface area contributed by atoms with Crippen LogP contribution in [-0.4, -0.2) is 23.4 Å². The monoisotopic (exact) mass is 267 g/mol. The molecule has 1 saturated carbocycles. The number of halogens is 1. The molecule has 0 radical (unpaired) electrons. The number of carbonyl (C=O) groups is 1. The maximum atomic E-state index is 12.5. The van der Waals surface area contributed by atoms with Crippen molar-refractivity contribution in [2.24, 2.45) is 5.92 Å². The number of nitrogens with zero attached hydrogens (tertiary/aromatic N) is 1. The maximum Gasteiger partial charge on any atom is 0.258 e. The number of hydrogen-bond acceptors (Lipinski definition) is 2. The molecule has 0 aromatic carbocycles. The van der Waals surface area contributed by atoms with Gasteiger partial charge in [-0.25, -0.2) is 0 Å². The minimum Gasteiger partial charge on any atom is -0.452 e. The van der Waals surface area contributed by atoms with Gasteiger partial charge in [-0.05, 0) is 49.3 Å². The smallest absolute Gasteiger partial charge is 0.258 e. The summed E-state index contributed by atoms with van der Waals surface area (Å²) in [5, 5.41) is 0.220. The highest BCUT2D eigenvalue weighted by atomic mass is 35.5. The second-order valence-corrected chi connectivity index (χ2v) is 5.70. The van der Waals surface area contributed by atoms with Gasteiger partial charge in [0.05, 0.1) is 11.8 Å². The predicted octanol–water partition coefficient (Wildman–Crippen LogP) is 3.73. The molecule has 3 nitrogen and oxygen atoms in total. The number of amides is 1. The second kappa shape index (κ2) is 4.96. The fraction of sp³-hybridized carbons (Fsp3) is 0.643. The standard InChI is InChI=1S/C14H18ClNO2/c15-13-11(7-9-18-13)14(17)16-8-3-6-12(16)10-4-1-2-5-10/h7,9-10,12H,1-6,8H2.